The van der Waals surface area contributed by atoms with E-state index in [4.69, 9.17) is 9.97 Å². The highest BCUT2D eigenvalue weighted by atomic mass is 32.2. The number of rotatable bonds is 10. The third kappa shape index (κ3) is 8.42. The second kappa shape index (κ2) is 14.0. The summed E-state index contributed by atoms with van der Waals surface area (Å²) in [6.07, 6.45) is 3.63. The number of ketones is 1. The summed E-state index contributed by atoms with van der Waals surface area (Å²) in [5.41, 5.74) is 3.91. The molecule has 1 atom stereocenters. The number of hydrogen-bond donors (Lipinski definition) is 2. The average molecular weight is 624 g/mol. The van der Waals surface area contributed by atoms with Gasteiger partial charge in [-0.1, -0.05) is 74.9 Å². The van der Waals surface area contributed by atoms with Crippen LogP contribution in [0.2, 0.25) is 0 Å². The summed E-state index contributed by atoms with van der Waals surface area (Å²) in [5, 5.41) is 7.35. The lowest BCUT2D eigenvalue weighted by molar-refractivity contribution is -0.121. The predicted octanol–water partition coefficient (Wildman–Crippen LogP) is 7.57. The van der Waals surface area contributed by atoms with Gasteiger partial charge in [0.15, 0.2) is 5.78 Å². The van der Waals surface area contributed by atoms with Crippen LogP contribution in [0.3, 0.4) is 0 Å². The van der Waals surface area contributed by atoms with Gasteiger partial charge in [0.05, 0.1) is 10.8 Å². The number of nitrogens with zero attached hydrogens (tertiary/aromatic N) is 3. The molecule has 0 bridgehead atoms. The first-order chi connectivity index (χ1) is 21.5. The second-order valence-electron chi connectivity index (χ2n) is 13.4. The highest BCUT2D eigenvalue weighted by molar-refractivity contribution is 8.00. The number of carbonyl (C=O) groups excluding carboxylic acids is 2. The molecule has 1 saturated carbocycles. The van der Waals surface area contributed by atoms with Gasteiger partial charge in [0.1, 0.15) is 5.82 Å². The fourth-order valence-electron chi connectivity index (χ4n) is 5.74. The largest absolute Gasteiger partial charge is 0.362 e. The molecule has 1 amide bonds. The van der Waals surface area contributed by atoms with Crippen molar-refractivity contribution in [3.05, 3.63) is 89.5 Å². The Morgan fingerprint density at radius 2 is 1.53 bits per heavy atom. The molecule has 5 rings (SSSR count). The first kappa shape index (κ1) is 32.5. The molecule has 236 valence electrons. The molecule has 1 aliphatic rings. The lowest BCUT2D eigenvalue weighted by atomic mass is 9.86. The first-order valence-corrected chi connectivity index (χ1v) is 16.7. The standard InChI is InChI=1S/C37H45N5O2S/c1-24-11-21-29(22-12-24)45-33(23-32(43)25-13-15-26(16-14-25)37(2,3)4)35(44)38-27-17-19-28(20-18-27)39-36-40-31-10-8-7-9-30(31)34(41-36)42(5)6/h7-16,21-22,27-28,33H,17-20,23H2,1-6H3,(H,38,44)(H,39,40,41)/t27-,28+,33?. The van der Waals surface area contributed by atoms with Crippen molar-refractivity contribution in [3.63, 3.8) is 0 Å². The number of aryl methyl sites for hydroxylation is 1. The minimum Gasteiger partial charge on any atom is -0.362 e. The molecule has 1 aromatic heterocycles. The van der Waals surface area contributed by atoms with Gasteiger partial charge in [-0.25, -0.2) is 4.98 Å². The maximum Gasteiger partial charge on any atom is 0.234 e. The third-order valence-corrected chi connectivity index (χ3v) is 9.66. The van der Waals surface area contributed by atoms with E-state index in [9.17, 15) is 9.59 Å². The average Bonchev–Trinajstić information content (AvgIpc) is 3.02. The predicted molar refractivity (Wildman–Crippen MR) is 187 cm³/mol. The summed E-state index contributed by atoms with van der Waals surface area (Å²) in [4.78, 5) is 39.7. The molecule has 0 radical (unpaired) electrons. The molecule has 2 N–H and O–H groups in total. The molecule has 45 heavy (non-hydrogen) atoms. The van der Waals surface area contributed by atoms with Crippen LogP contribution in [0.4, 0.5) is 11.8 Å². The smallest absolute Gasteiger partial charge is 0.234 e. The van der Waals surface area contributed by atoms with E-state index in [0.717, 1.165) is 52.9 Å². The lowest BCUT2D eigenvalue weighted by Crippen LogP contribution is -2.44. The number of fused-ring (bicyclic) bond motifs is 1. The Labute approximate surface area is 271 Å². The van der Waals surface area contributed by atoms with Crippen molar-refractivity contribution < 1.29 is 9.59 Å². The Bertz CT molecular complexity index is 1620. The molecular formula is C37H45N5O2S. The second-order valence-corrected chi connectivity index (χ2v) is 14.6. The molecule has 0 aliphatic heterocycles. The lowest BCUT2D eigenvalue weighted by Gasteiger charge is -2.31. The van der Waals surface area contributed by atoms with Crippen LogP contribution in [-0.4, -0.2) is 53.1 Å². The van der Waals surface area contributed by atoms with Crippen molar-refractivity contribution in [3.8, 4) is 0 Å². The van der Waals surface area contributed by atoms with Crippen LogP contribution in [0.15, 0.2) is 77.7 Å². The minimum atomic E-state index is -0.520. The van der Waals surface area contributed by atoms with Crippen molar-refractivity contribution in [2.45, 2.75) is 87.4 Å². The van der Waals surface area contributed by atoms with Crippen LogP contribution < -0.4 is 15.5 Å². The quantitative estimate of drug-likeness (QED) is 0.139. The number of amides is 1. The maximum atomic E-state index is 13.7. The van der Waals surface area contributed by atoms with Gasteiger partial charge in [0.2, 0.25) is 11.9 Å². The van der Waals surface area contributed by atoms with Gasteiger partial charge in [-0.2, -0.15) is 4.98 Å². The van der Waals surface area contributed by atoms with Gasteiger partial charge in [0, 0.05) is 48.4 Å². The maximum absolute atomic E-state index is 13.7. The number of aromatic nitrogens is 2. The number of thioether (sulfide) groups is 1. The zero-order chi connectivity index (χ0) is 32.1. The minimum absolute atomic E-state index is 0.0114. The zero-order valence-corrected chi connectivity index (χ0v) is 28.1. The molecular weight excluding hydrogens is 579 g/mol. The van der Waals surface area contributed by atoms with E-state index < -0.39 is 5.25 Å². The monoisotopic (exact) mass is 623 g/mol. The summed E-state index contributed by atoms with van der Waals surface area (Å²) in [6.45, 7) is 8.51. The highest BCUT2D eigenvalue weighted by Gasteiger charge is 2.29. The van der Waals surface area contributed by atoms with E-state index in [2.05, 4.69) is 31.4 Å². The molecule has 7 nitrogen and oxygen atoms in total. The summed E-state index contributed by atoms with van der Waals surface area (Å²) >= 11 is 1.47. The molecule has 4 aromatic rings. The van der Waals surface area contributed by atoms with Crippen molar-refractivity contribution in [1.82, 2.24) is 15.3 Å². The fourth-order valence-corrected chi connectivity index (χ4v) is 6.77. The molecule has 8 heteroatoms. The number of anilines is 2. The van der Waals surface area contributed by atoms with Crippen molar-refractivity contribution >= 4 is 46.1 Å². The highest BCUT2D eigenvalue weighted by Crippen LogP contribution is 2.30. The van der Waals surface area contributed by atoms with Crippen LogP contribution in [0, 0.1) is 6.92 Å². The Balaban J connectivity index is 1.22. The zero-order valence-electron chi connectivity index (χ0n) is 27.3. The molecule has 1 fully saturated rings. The number of carbonyl (C=O) groups is 2. The molecule has 1 unspecified atom stereocenters. The van der Waals surface area contributed by atoms with Gasteiger partial charge < -0.3 is 15.5 Å². The van der Waals surface area contributed by atoms with E-state index in [1.54, 1.807) is 0 Å². The van der Waals surface area contributed by atoms with Gasteiger partial charge in [-0.3, -0.25) is 9.59 Å². The van der Waals surface area contributed by atoms with Crippen molar-refractivity contribution in [2.24, 2.45) is 0 Å². The Hall–Kier alpha value is -3.91. The normalized spacial score (nSPS) is 17.5. The molecule has 0 spiro atoms. The number of Topliss-reactive ketones (excluding diaryl/α,β-unsaturated/α-hetero) is 1. The number of benzene rings is 3. The summed E-state index contributed by atoms with van der Waals surface area (Å²) < 4.78 is 0. The van der Waals surface area contributed by atoms with Crippen molar-refractivity contribution in [1.29, 1.82) is 0 Å². The van der Waals surface area contributed by atoms with E-state index >= 15 is 0 Å². The van der Waals surface area contributed by atoms with Crippen molar-refractivity contribution in [2.75, 3.05) is 24.3 Å². The van der Waals surface area contributed by atoms with Crippen LogP contribution >= 0.6 is 11.8 Å². The van der Waals surface area contributed by atoms with E-state index in [-0.39, 0.29) is 35.6 Å². The molecule has 1 heterocycles. The van der Waals surface area contributed by atoms with Gasteiger partial charge in [-0.15, -0.1) is 11.8 Å². The van der Waals surface area contributed by atoms with E-state index in [0.29, 0.717) is 11.5 Å². The number of para-hydroxylation sites is 1. The number of hydrogen-bond acceptors (Lipinski definition) is 7. The van der Waals surface area contributed by atoms with Crippen LogP contribution in [0.25, 0.3) is 10.9 Å². The molecule has 1 aliphatic carbocycles. The van der Waals surface area contributed by atoms with Gasteiger partial charge in [-0.05, 0) is 67.9 Å². The molecule has 0 saturated heterocycles. The fraction of sp³-hybridized carbons (Fsp3) is 0.405. The summed E-state index contributed by atoms with van der Waals surface area (Å²) in [7, 11) is 3.99. The Morgan fingerprint density at radius 1 is 0.889 bits per heavy atom. The first-order valence-electron chi connectivity index (χ1n) is 15.8. The summed E-state index contributed by atoms with van der Waals surface area (Å²) in [5.74, 6) is 1.43. The Kier molecular flexibility index (Phi) is 10.1. The van der Waals surface area contributed by atoms with Gasteiger partial charge in [0.25, 0.3) is 0 Å². The molecule has 3 aromatic carbocycles. The number of nitrogens with one attached hydrogen (secondary N) is 2. The van der Waals surface area contributed by atoms with E-state index in [1.165, 1.54) is 17.3 Å². The third-order valence-electron chi connectivity index (χ3n) is 8.45. The van der Waals surface area contributed by atoms with Crippen LogP contribution in [-0.2, 0) is 10.2 Å². The van der Waals surface area contributed by atoms with Crippen LogP contribution in [0.1, 0.15) is 74.4 Å². The van der Waals surface area contributed by atoms with Crippen LogP contribution in [0.5, 0.6) is 0 Å². The van der Waals surface area contributed by atoms with Gasteiger partial charge >= 0.3 is 0 Å². The van der Waals surface area contributed by atoms with E-state index in [1.807, 2.05) is 98.7 Å². The topological polar surface area (TPSA) is 87.2 Å². The SMILES string of the molecule is Cc1ccc(SC(CC(=O)c2ccc(C(C)(C)C)cc2)C(=O)N[C@H]2CC[C@@H](Nc3nc(N(C)C)c4ccccc4n3)CC2)cc1. The summed E-state index contributed by atoms with van der Waals surface area (Å²) in [6, 6.07) is 24.3. The Morgan fingerprint density at radius 3 is 2.18 bits per heavy atom.